The Kier molecular flexibility index (Phi) is 4.45. The van der Waals surface area contributed by atoms with E-state index in [0.717, 1.165) is 48.1 Å². The van der Waals surface area contributed by atoms with Gasteiger partial charge in [-0.1, -0.05) is 52.3 Å². The highest BCUT2D eigenvalue weighted by molar-refractivity contribution is 9.10. The number of thiophene rings is 1. The van der Waals surface area contributed by atoms with Crippen molar-refractivity contribution in [1.82, 2.24) is 9.97 Å². The maximum Gasteiger partial charge on any atom is 0.143 e. The number of benzene rings is 3. The fourth-order valence-electron chi connectivity index (χ4n) is 3.63. The Hall–Kier alpha value is -2.96. The van der Waals surface area contributed by atoms with Gasteiger partial charge >= 0.3 is 0 Å². The molecule has 4 nitrogen and oxygen atoms in total. The minimum absolute atomic E-state index is 0.265. The lowest BCUT2D eigenvalue weighted by atomic mass is 10.0. The molecule has 2 heterocycles. The molecule has 2 aromatic heterocycles. The number of phenolic OH excluding ortho intramolecular Hbond substituents is 1. The first kappa shape index (κ1) is 18.1. The van der Waals surface area contributed by atoms with Crippen LogP contribution in [-0.2, 0) is 0 Å². The Balaban J connectivity index is 1.71. The third-order valence-corrected chi connectivity index (χ3v) is 6.49. The van der Waals surface area contributed by atoms with Crippen LogP contribution in [-0.4, -0.2) is 15.1 Å². The van der Waals surface area contributed by atoms with Crippen LogP contribution in [0.1, 0.15) is 4.88 Å². The van der Waals surface area contributed by atoms with Gasteiger partial charge in [0.25, 0.3) is 0 Å². The van der Waals surface area contributed by atoms with Crippen LogP contribution in [0.25, 0.3) is 32.1 Å². The smallest absolute Gasteiger partial charge is 0.143 e. The molecule has 0 saturated heterocycles. The number of fused-ring (bicyclic) bond motifs is 2. The molecule has 0 bridgehead atoms. The molecule has 0 atom stereocenters. The summed E-state index contributed by atoms with van der Waals surface area (Å²) < 4.78 is 1.04. The summed E-state index contributed by atoms with van der Waals surface area (Å²) in [5.41, 5.74) is 3.16. The summed E-state index contributed by atoms with van der Waals surface area (Å²) in [6.45, 7) is 2.11. The van der Waals surface area contributed by atoms with Gasteiger partial charge in [0.1, 0.15) is 22.7 Å². The Morgan fingerprint density at radius 3 is 2.52 bits per heavy atom. The van der Waals surface area contributed by atoms with Crippen molar-refractivity contribution >= 4 is 59.8 Å². The summed E-state index contributed by atoms with van der Waals surface area (Å²) in [7, 11) is 0. The molecule has 6 heteroatoms. The topological polar surface area (TPSA) is 58.0 Å². The van der Waals surface area contributed by atoms with Gasteiger partial charge in [-0.3, -0.25) is 0 Å². The Morgan fingerprint density at radius 2 is 1.69 bits per heavy atom. The van der Waals surface area contributed by atoms with E-state index in [4.69, 9.17) is 0 Å². The molecule has 0 saturated carbocycles. The fraction of sp³-hybridized carbons (Fsp3) is 0.0435. The van der Waals surface area contributed by atoms with E-state index in [1.165, 1.54) is 4.88 Å². The van der Waals surface area contributed by atoms with E-state index in [2.05, 4.69) is 50.3 Å². The number of phenols is 1. The first-order valence-electron chi connectivity index (χ1n) is 9.09. The molecule has 0 unspecified atom stereocenters. The molecular formula is C23H16BrN3OS. The zero-order valence-corrected chi connectivity index (χ0v) is 17.9. The number of aromatic nitrogens is 2. The Morgan fingerprint density at radius 1 is 0.931 bits per heavy atom. The van der Waals surface area contributed by atoms with E-state index in [-0.39, 0.29) is 5.75 Å². The monoisotopic (exact) mass is 461 g/mol. The Labute approximate surface area is 180 Å². The number of nitrogens with one attached hydrogen (secondary N) is 1. The van der Waals surface area contributed by atoms with Gasteiger partial charge < -0.3 is 10.4 Å². The number of hydrogen-bond acceptors (Lipinski definition) is 5. The standard InChI is InChI=1S/C23H16BrN3OS/c1-13-20(14-8-10-15(24)11-9-14)21-22(25-12-26-23(21)29-13)27-18-6-2-5-17-16(18)4-3-7-19(17)28/h2-12,28H,1H3,(H,25,26,27). The molecule has 0 aliphatic carbocycles. The van der Waals surface area contributed by atoms with Crippen LogP contribution in [0.3, 0.4) is 0 Å². The van der Waals surface area contributed by atoms with Gasteiger partial charge in [0, 0.05) is 31.4 Å². The first-order valence-corrected chi connectivity index (χ1v) is 10.7. The fourth-order valence-corrected chi connectivity index (χ4v) is 4.91. The maximum absolute atomic E-state index is 10.2. The molecule has 0 aliphatic heterocycles. The summed E-state index contributed by atoms with van der Waals surface area (Å²) >= 11 is 5.18. The number of nitrogens with zero attached hydrogens (tertiary/aromatic N) is 2. The van der Waals surface area contributed by atoms with Gasteiger partial charge in [0.2, 0.25) is 0 Å². The van der Waals surface area contributed by atoms with Crippen molar-refractivity contribution in [2.24, 2.45) is 0 Å². The molecule has 3 aromatic carbocycles. The van der Waals surface area contributed by atoms with Crippen LogP contribution in [0.5, 0.6) is 5.75 Å². The third kappa shape index (κ3) is 3.14. The van der Waals surface area contributed by atoms with E-state index >= 15 is 0 Å². The lowest BCUT2D eigenvalue weighted by molar-refractivity contribution is 0.481. The highest BCUT2D eigenvalue weighted by atomic mass is 79.9. The average Bonchev–Trinajstić information content (AvgIpc) is 3.06. The minimum atomic E-state index is 0.265. The molecule has 142 valence electrons. The summed E-state index contributed by atoms with van der Waals surface area (Å²) in [5, 5.41) is 16.4. The van der Waals surface area contributed by atoms with Crippen molar-refractivity contribution in [3.05, 3.63) is 76.3 Å². The van der Waals surface area contributed by atoms with Crippen molar-refractivity contribution in [3.8, 4) is 16.9 Å². The molecule has 0 fully saturated rings. The first-order chi connectivity index (χ1) is 14.1. The van der Waals surface area contributed by atoms with Crippen LogP contribution in [0.4, 0.5) is 11.5 Å². The average molecular weight is 462 g/mol. The number of hydrogen-bond donors (Lipinski definition) is 2. The minimum Gasteiger partial charge on any atom is -0.507 e. The predicted molar refractivity (Wildman–Crippen MR) is 124 cm³/mol. The number of halogens is 1. The highest BCUT2D eigenvalue weighted by Crippen LogP contribution is 2.42. The van der Waals surface area contributed by atoms with Crippen LogP contribution < -0.4 is 5.32 Å². The lowest BCUT2D eigenvalue weighted by Gasteiger charge is -2.12. The quantitative estimate of drug-likeness (QED) is 0.302. The molecular weight excluding hydrogens is 446 g/mol. The van der Waals surface area contributed by atoms with Crippen molar-refractivity contribution in [3.63, 3.8) is 0 Å². The van der Waals surface area contributed by atoms with Crippen molar-refractivity contribution in [2.45, 2.75) is 6.92 Å². The number of rotatable bonds is 3. The largest absolute Gasteiger partial charge is 0.507 e. The summed E-state index contributed by atoms with van der Waals surface area (Å²) in [5.74, 6) is 1.02. The number of aryl methyl sites for hydroxylation is 1. The molecule has 0 amide bonds. The van der Waals surface area contributed by atoms with Crippen LogP contribution in [0.15, 0.2) is 71.5 Å². The van der Waals surface area contributed by atoms with Gasteiger partial charge in [-0.2, -0.15) is 0 Å². The molecule has 0 radical (unpaired) electrons. The zero-order valence-electron chi connectivity index (χ0n) is 15.5. The van der Waals surface area contributed by atoms with Gasteiger partial charge in [-0.05, 0) is 36.8 Å². The van der Waals surface area contributed by atoms with Gasteiger partial charge in [0.15, 0.2) is 0 Å². The summed E-state index contributed by atoms with van der Waals surface area (Å²) in [6, 6.07) is 19.7. The predicted octanol–water partition coefficient (Wildman–Crippen LogP) is 7.03. The summed E-state index contributed by atoms with van der Waals surface area (Å²) in [4.78, 5) is 11.2. The normalized spacial score (nSPS) is 11.2. The van der Waals surface area contributed by atoms with Crippen molar-refractivity contribution < 1.29 is 5.11 Å². The molecule has 5 rings (SSSR count). The van der Waals surface area contributed by atoms with Crippen LogP contribution >= 0.6 is 27.3 Å². The number of anilines is 2. The van der Waals surface area contributed by atoms with E-state index in [1.54, 1.807) is 23.7 Å². The molecule has 5 aromatic rings. The molecule has 29 heavy (non-hydrogen) atoms. The lowest BCUT2D eigenvalue weighted by Crippen LogP contribution is -1.96. The maximum atomic E-state index is 10.2. The molecule has 0 aliphatic rings. The third-order valence-electron chi connectivity index (χ3n) is 4.95. The Bertz CT molecular complexity index is 1360. The van der Waals surface area contributed by atoms with E-state index in [1.807, 2.05) is 42.5 Å². The number of aromatic hydroxyl groups is 1. The summed E-state index contributed by atoms with van der Waals surface area (Å²) in [6.07, 6.45) is 1.59. The van der Waals surface area contributed by atoms with E-state index in [0.29, 0.717) is 0 Å². The van der Waals surface area contributed by atoms with Crippen LogP contribution in [0.2, 0.25) is 0 Å². The molecule has 2 N–H and O–H groups in total. The SMILES string of the molecule is Cc1sc2ncnc(Nc3cccc4c(O)cccc34)c2c1-c1ccc(Br)cc1. The highest BCUT2D eigenvalue weighted by Gasteiger charge is 2.17. The zero-order chi connectivity index (χ0) is 20.0. The molecule has 0 spiro atoms. The van der Waals surface area contributed by atoms with Crippen molar-refractivity contribution in [2.75, 3.05) is 5.32 Å². The second-order valence-corrected chi connectivity index (χ2v) is 8.86. The second kappa shape index (κ2) is 7.13. The van der Waals surface area contributed by atoms with Crippen molar-refractivity contribution in [1.29, 1.82) is 0 Å². The van der Waals surface area contributed by atoms with Gasteiger partial charge in [-0.15, -0.1) is 11.3 Å². The van der Waals surface area contributed by atoms with Gasteiger partial charge in [-0.25, -0.2) is 9.97 Å². The van der Waals surface area contributed by atoms with E-state index in [9.17, 15) is 5.11 Å². The van der Waals surface area contributed by atoms with Crippen LogP contribution in [0, 0.1) is 6.92 Å². The second-order valence-electron chi connectivity index (χ2n) is 6.75. The van der Waals surface area contributed by atoms with E-state index < -0.39 is 0 Å². The van der Waals surface area contributed by atoms with Gasteiger partial charge in [0.05, 0.1) is 5.39 Å².